The summed E-state index contributed by atoms with van der Waals surface area (Å²) in [5.74, 6) is 1.84. The van der Waals surface area contributed by atoms with Crippen molar-refractivity contribution in [1.82, 2.24) is 19.6 Å². The third-order valence-corrected chi connectivity index (χ3v) is 6.84. The zero-order valence-electron chi connectivity index (χ0n) is 17.1. The van der Waals surface area contributed by atoms with Crippen molar-refractivity contribution in [2.75, 3.05) is 19.6 Å². The molecule has 2 amide bonds. The van der Waals surface area contributed by atoms with E-state index in [1.165, 1.54) is 0 Å². The van der Waals surface area contributed by atoms with Gasteiger partial charge < -0.3 is 4.90 Å². The fourth-order valence-corrected chi connectivity index (χ4v) is 4.65. The molecule has 0 radical (unpaired) electrons. The fourth-order valence-electron chi connectivity index (χ4n) is 4.65. The number of aliphatic imine (C=N–C) groups is 1. The van der Waals surface area contributed by atoms with E-state index in [0.717, 1.165) is 61.4 Å². The normalized spacial score (nSPS) is 22.4. The topological polar surface area (TPSA) is 70.8 Å². The molecule has 1 aromatic heterocycles. The Kier molecular flexibility index (Phi) is 3.73. The van der Waals surface area contributed by atoms with Crippen molar-refractivity contribution in [3.8, 4) is 11.3 Å². The molecule has 7 heteroatoms. The van der Waals surface area contributed by atoms with Crippen molar-refractivity contribution in [1.29, 1.82) is 0 Å². The van der Waals surface area contributed by atoms with Gasteiger partial charge in [0.1, 0.15) is 11.4 Å². The van der Waals surface area contributed by atoms with Gasteiger partial charge in [0.05, 0.1) is 5.69 Å². The first kappa shape index (κ1) is 17.9. The molecule has 6 rings (SSSR count). The number of carbonyl (C=O) groups excluding carboxylic acids is 2. The molecule has 3 heterocycles. The van der Waals surface area contributed by atoms with Crippen LogP contribution < -0.4 is 0 Å². The van der Waals surface area contributed by atoms with Crippen molar-refractivity contribution in [2.24, 2.45) is 23.9 Å². The van der Waals surface area contributed by atoms with Crippen LogP contribution in [-0.4, -0.2) is 62.4 Å². The van der Waals surface area contributed by atoms with Gasteiger partial charge in [0.15, 0.2) is 0 Å². The van der Waals surface area contributed by atoms with Crippen molar-refractivity contribution < 1.29 is 9.59 Å². The quantitative estimate of drug-likeness (QED) is 0.767. The molecular formula is C23H25N5O2. The van der Waals surface area contributed by atoms with E-state index in [2.05, 4.69) is 17.2 Å². The van der Waals surface area contributed by atoms with E-state index in [1.54, 1.807) is 6.20 Å². The number of hydrogen-bond acceptors (Lipinski definition) is 4. The third-order valence-electron chi connectivity index (χ3n) is 6.84. The number of benzene rings is 1. The number of likely N-dealkylation sites (tertiary alicyclic amines) is 1. The smallest absolute Gasteiger partial charge is 0.256 e. The Morgan fingerprint density at radius 3 is 2.40 bits per heavy atom. The van der Waals surface area contributed by atoms with Gasteiger partial charge in [-0.3, -0.25) is 24.2 Å². The lowest BCUT2D eigenvalue weighted by atomic mass is 9.98. The molecule has 30 heavy (non-hydrogen) atoms. The summed E-state index contributed by atoms with van der Waals surface area (Å²) in [4.78, 5) is 34.0. The first-order valence-corrected chi connectivity index (χ1v) is 10.8. The van der Waals surface area contributed by atoms with E-state index in [0.29, 0.717) is 18.4 Å². The predicted molar refractivity (Wildman–Crippen MR) is 112 cm³/mol. The van der Waals surface area contributed by atoms with E-state index in [1.807, 2.05) is 39.7 Å². The van der Waals surface area contributed by atoms with Crippen LogP contribution >= 0.6 is 0 Å². The van der Waals surface area contributed by atoms with Crippen molar-refractivity contribution in [3.05, 3.63) is 42.1 Å². The first-order valence-electron chi connectivity index (χ1n) is 10.8. The summed E-state index contributed by atoms with van der Waals surface area (Å²) in [6.45, 7) is 2.18. The Labute approximate surface area is 175 Å². The van der Waals surface area contributed by atoms with Crippen molar-refractivity contribution in [2.45, 2.75) is 31.2 Å². The molecule has 1 aromatic carbocycles. The summed E-state index contributed by atoms with van der Waals surface area (Å²) in [7, 11) is 1.93. The highest BCUT2D eigenvalue weighted by molar-refractivity contribution is 6.16. The molecule has 3 fully saturated rings. The molecule has 2 saturated carbocycles. The summed E-state index contributed by atoms with van der Waals surface area (Å²) in [5, 5.41) is 4.24. The minimum Gasteiger partial charge on any atom is -0.342 e. The zero-order valence-corrected chi connectivity index (χ0v) is 17.1. The Morgan fingerprint density at radius 2 is 1.80 bits per heavy atom. The van der Waals surface area contributed by atoms with Crippen LogP contribution in [0, 0.1) is 11.8 Å². The van der Waals surface area contributed by atoms with Crippen LogP contribution in [0.3, 0.4) is 0 Å². The average molecular weight is 403 g/mol. The Morgan fingerprint density at radius 1 is 1.10 bits per heavy atom. The second-order valence-electron chi connectivity index (χ2n) is 9.18. The van der Waals surface area contributed by atoms with E-state index in [4.69, 9.17) is 4.99 Å². The molecule has 1 saturated heterocycles. The highest BCUT2D eigenvalue weighted by Crippen LogP contribution is 2.46. The number of hydrogen-bond donors (Lipinski definition) is 0. The van der Waals surface area contributed by atoms with Crippen LogP contribution in [0.25, 0.3) is 11.3 Å². The monoisotopic (exact) mass is 403 g/mol. The fraction of sp³-hybridized carbons (Fsp3) is 0.478. The van der Waals surface area contributed by atoms with Crippen molar-refractivity contribution >= 4 is 17.6 Å². The van der Waals surface area contributed by atoms with E-state index >= 15 is 0 Å². The third kappa shape index (κ3) is 2.79. The highest BCUT2D eigenvalue weighted by Gasteiger charge is 2.57. The van der Waals surface area contributed by atoms with Crippen LogP contribution in [0.5, 0.6) is 0 Å². The van der Waals surface area contributed by atoms with Crippen molar-refractivity contribution in [3.63, 3.8) is 0 Å². The highest BCUT2D eigenvalue weighted by atomic mass is 16.2. The molecule has 0 atom stereocenters. The van der Waals surface area contributed by atoms with Gasteiger partial charge >= 0.3 is 0 Å². The molecule has 154 valence electrons. The van der Waals surface area contributed by atoms with Gasteiger partial charge in [-0.05, 0) is 37.3 Å². The molecule has 4 aliphatic rings. The lowest BCUT2D eigenvalue weighted by Gasteiger charge is -2.41. The largest absolute Gasteiger partial charge is 0.342 e. The molecule has 0 unspecified atom stereocenters. The summed E-state index contributed by atoms with van der Waals surface area (Å²) < 4.78 is 1.85. The summed E-state index contributed by atoms with van der Waals surface area (Å²) >= 11 is 0. The number of amides is 2. The Bertz CT molecular complexity index is 1060. The maximum absolute atomic E-state index is 13.1. The van der Waals surface area contributed by atoms with Gasteiger partial charge in [-0.1, -0.05) is 24.3 Å². The summed E-state index contributed by atoms with van der Waals surface area (Å²) in [6.07, 6.45) is 5.56. The molecular weight excluding hydrogens is 378 g/mol. The number of aromatic nitrogens is 2. The Hall–Kier alpha value is -2.96. The van der Waals surface area contributed by atoms with E-state index in [9.17, 15) is 9.59 Å². The van der Waals surface area contributed by atoms with E-state index < -0.39 is 5.54 Å². The summed E-state index contributed by atoms with van der Waals surface area (Å²) in [6, 6.07) is 10.2. The maximum Gasteiger partial charge on any atom is 0.256 e. The van der Waals surface area contributed by atoms with Gasteiger partial charge in [0.25, 0.3) is 5.91 Å². The standard InChI is InChI=1S/C23H25N5O2/c1-26-19(8-11-24-26)16-2-4-17(5-3-16)20-25-23(9-10-23)22(30)28(20)14-15-12-27(13-15)21(29)18-6-7-18/h2-5,8,11,15,18H,6-7,9-10,12-14H2,1H3. The molecule has 2 aromatic rings. The second-order valence-corrected chi connectivity index (χ2v) is 9.18. The van der Waals surface area contributed by atoms with Crippen LogP contribution in [0.1, 0.15) is 31.2 Å². The molecule has 1 spiro atoms. The molecule has 0 bridgehead atoms. The van der Waals surface area contributed by atoms with Crippen LogP contribution in [0.15, 0.2) is 41.5 Å². The lowest BCUT2D eigenvalue weighted by molar-refractivity contribution is -0.139. The minimum atomic E-state index is -0.511. The summed E-state index contributed by atoms with van der Waals surface area (Å²) in [5.41, 5.74) is 2.60. The number of amidine groups is 1. The van der Waals surface area contributed by atoms with Gasteiger partial charge in [0, 0.05) is 50.3 Å². The molecule has 2 aliphatic carbocycles. The molecule has 2 aliphatic heterocycles. The number of aryl methyl sites for hydroxylation is 1. The van der Waals surface area contributed by atoms with E-state index in [-0.39, 0.29) is 11.8 Å². The number of carbonyl (C=O) groups is 2. The maximum atomic E-state index is 13.1. The number of nitrogens with zero attached hydrogens (tertiary/aromatic N) is 5. The van der Waals surface area contributed by atoms with Crippen LogP contribution in [-0.2, 0) is 16.6 Å². The lowest BCUT2D eigenvalue weighted by Crippen LogP contribution is -2.55. The predicted octanol–water partition coefficient (Wildman–Crippen LogP) is 2.08. The van der Waals surface area contributed by atoms with Gasteiger partial charge in [-0.15, -0.1) is 0 Å². The second kappa shape index (κ2) is 6.27. The van der Waals surface area contributed by atoms with Gasteiger partial charge in [0.2, 0.25) is 5.91 Å². The zero-order chi connectivity index (χ0) is 20.5. The Balaban J connectivity index is 1.20. The molecule has 7 nitrogen and oxygen atoms in total. The van der Waals surface area contributed by atoms with Crippen LogP contribution in [0.4, 0.5) is 0 Å². The van der Waals surface area contributed by atoms with Gasteiger partial charge in [-0.2, -0.15) is 5.10 Å². The SMILES string of the molecule is Cn1nccc1-c1ccc(C2=NC3(CC3)C(=O)N2CC2CN(C(=O)C3CC3)C2)cc1. The average Bonchev–Trinajstić information content (AvgIpc) is 3.63. The molecule has 0 N–H and O–H groups in total. The number of rotatable bonds is 5. The van der Waals surface area contributed by atoms with Crippen LogP contribution in [0.2, 0.25) is 0 Å². The first-order chi connectivity index (χ1) is 14.5. The van der Waals surface area contributed by atoms with Gasteiger partial charge in [-0.25, -0.2) is 0 Å². The minimum absolute atomic E-state index is 0.139.